The van der Waals surface area contributed by atoms with Crippen molar-refractivity contribution in [2.24, 2.45) is 5.73 Å². The molecule has 0 saturated heterocycles. The highest BCUT2D eigenvalue weighted by Gasteiger charge is 2.08. The Morgan fingerprint density at radius 3 is 2.40 bits per heavy atom. The molecule has 10 heavy (non-hydrogen) atoms. The summed E-state index contributed by atoms with van der Waals surface area (Å²) in [6.07, 6.45) is 0. The van der Waals surface area contributed by atoms with Gasteiger partial charge >= 0.3 is 0 Å². The molecule has 4 heteroatoms. The van der Waals surface area contributed by atoms with Gasteiger partial charge in [0.15, 0.2) is 5.78 Å². The van der Waals surface area contributed by atoms with E-state index >= 15 is 0 Å². The number of hydrogen-bond donors (Lipinski definition) is 1. The largest absolute Gasteiger partial charge is 0.401 e. The van der Waals surface area contributed by atoms with E-state index in [0.29, 0.717) is 0 Å². The van der Waals surface area contributed by atoms with E-state index in [4.69, 9.17) is 22.6 Å². The van der Waals surface area contributed by atoms with Crippen molar-refractivity contribution in [1.29, 1.82) is 5.26 Å². The summed E-state index contributed by atoms with van der Waals surface area (Å²) in [4.78, 5) is 10.7. The van der Waals surface area contributed by atoms with E-state index in [1.807, 2.05) is 0 Å². The van der Waals surface area contributed by atoms with Gasteiger partial charge in [-0.05, 0) is 6.92 Å². The molecule has 54 valence electrons. The third-order valence-electron chi connectivity index (χ3n) is 0.906. The lowest BCUT2D eigenvalue weighted by atomic mass is 10.2. The standard InChI is InChI=1S/C6H7ClN2O/c1-4(9)5(3-8)6(10)2-7/h2,9H2,1H3/b5-4+. The van der Waals surface area contributed by atoms with Gasteiger partial charge in [-0.25, -0.2) is 0 Å². The van der Waals surface area contributed by atoms with Crippen LogP contribution in [0.3, 0.4) is 0 Å². The third-order valence-corrected chi connectivity index (χ3v) is 1.15. The van der Waals surface area contributed by atoms with Crippen molar-refractivity contribution >= 4 is 17.4 Å². The van der Waals surface area contributed by atoms with Gasteiger partial charge in [-0.3, -0.25) is 4.79 Å². The Balaban J connectivity index is 4.59. The van der Waals surface area contributed by atoms with Crippen LogP contribution in [0.2, 0.25) is 0 Å². The van der Waals surface area contributed by atoms with Gasteiger partial charge in [-0.2, -0.15) is 5.26 Å². The molecule has 0 rings (SSSR count). The Morgan fingerprint density at radius 2 is 2.30 bits per heavy atom. The highest BCUT2D eigenvalue weighted by Crippen LogP contribution is 1.99. The number of nitrogens with zero attached hydrogens (tertiary/aromatic N) is 1. The number of hydrogen-bond acceptors (Lipinski definition) is 3. The molecule has 0 aromatic heterocycles. The van der Waals surface area contributed by atoms with Crippen molar-refractivity contribution in [2.45, 2.75) is 6.92 Å². The molecule has 0 atom stereocenters. The number of ketones is 1. The number of carbonyl (C=O) groups excluding carboxylic acids is 1. The van der Waals surface area contributed by atoms with Crippen LogP contribution in [0, 0.1) is 11.3 Å². The molecule has 0 unspecified atom stereocenters. The fraction of sp³-hybridized carbons (Fsp3) is 0.333. The number of alkyl halides is 1. The molecule has 0 spiro atoms. The lowest BCUT2D eigenvalue weighted by Gasteiger charge is -1.93. The summed E-state index contributed by atoms with van der Waals surface area (Å²) in [6, 6.07) is 1.67. The van der Waals surface area contributed by atoms with Crippen LogP contribution < -0.4 is 5.73 Å². The van der Waals surface area contributed by atoms with E-state index in [9.17, 15) is 4.79 Å². The Bertz CT molecular complexity index is 210. The molecule has 0 aromatic rings. The van der Waals surface area contributed by atoms with Gasteiger partial charge in [0.25, 0.3) is 0 Å². The molecule has 0 amide bonds. The number of Topliss-reactive ketones (excluding diaryl/α,β-unsaturated/α-hetero) is 1. The predicted molar refractivity (Wildman–Crippen MR) is 38.2 cm³/mol. The van der Waals surface area contributed by atoms with Crippen LogP contribution in [-0.4, -0.2) is 11.7 Å². The maximum atomic E-state index is 10.7. The van der Waals surface area contributed by atoms with Crippen LogP contribution in [0.15, 0.2) is 11.3 Å². The fourth-order valence-electron chi connectivity index (χ4n) is 0.437. The molecule has 0 heterocycles. The number of carbonyl (C=O) groups is 1. The predicted octanol–water partition coefficient (Wildman–Crippen LogP) is 0.551. The van der Waals surface area contributed by atoms with E-state index in [1.165, 1.54) is 6.92 Å². The third kappa shape index (κ3) is 2.08. The topological polar surface area (TPSA) is 66.9 Å². The minimum atomic E-state index is -0.427. The van der Waals surface area contributed by atoms with Crippen molar-refractivity contribution in [1.82, 2.24) is 0 Å². The molecular formula is C6H7ClN2O. The van der Waals surface area contributed by atoms with Crippen molar-refractivity contribution in [3.8, 4) is 6.07 Å². The van der Waals surface area contributed by atoms with Crippen molar-refractivity contribution < 1.29 is 4.79 Å². The van der Waals surface area contributed by atoms with Gasteiger partial charge < -0.3 is 5.73 Å². The Morgan fingerprint density at radius 1 is 1.80 bits per heavy atom. The van der Waals surface area contributed by atoms with Crippen LogP contribution in [0.4, 0.5) is 0 Å². The van der Waals surface area contributed by atoms with Crippen LogP contribution in [-0.2, 0) is 4.79 Å². The number of nitriles is 1. The van der Waals surface area contributed by atoms with Gasteiger partial charge in [-0.15, -0.1) is 11.6 Å². The zero-order valence-corrected chi connectivity index (χ0v) is 6.27. The maximum Gasteiger partial charge on any atom is 0.189 e. The number of rotatable bonds is 2. The molecule has 3 nitrogen and oxygen atoms in total. The minimum Gasteiger partial charge on any atom is -0.401 e. The lowest BCUT2D eigenvalue weighted by molar-refractivity contribution is -0.113. The highest BCUT2D eigenvalue weighted by atomic mass is 35.5. The fourth-order valence-corrected chi connectivity index (χ4v) is 0.571. The zero-order valence-electron chi connectivity index (χ0n) is 5.52. The van der Waals surface area contributed by atoms with E-state index in [2.05, 4.69) is 0 Å². The molecule has 0 aromatic carbocycles. The zero-order chi connectivity index (χ0) is 8.15. The summed E-state index contributed by atoms with van der Waals surface area (Å²) in [5.41, 5.74) is 5.37. The Kier molecular flexibility index (Phi) is 3.52. The van der Waals surface area contributed by atoms with E-state index < -0.39 is 5.78 Å². The monoisotopic (exact) mass is 158 g/mol. The molecule has 0 saturated carbocycles. The summed E-state index contributed by atoms with van der Waals surface area (Å²) >= 11 is 5.18. The second kappa shape index (κ2) is 3.91. The maximum absolute atomic E-state index is 10.7. The average molecular weight is 159 g/mol. The summed E-state index contributed by atoms with van der Waals surface area (Å²) in [6.45, 7) is 1.49. The van der Waals surface area contributed by atoms with Crippen LogP contribution >= 0.6 is 11.6 Å². The molecule has 2 N–H and O–H groups in total. The Hall–Kier alpha value is -1.01. The van der Waals surface area contributed by atoms with E-state index in [1.54, 1.807) is 6.07 Å². The molecule has 0 aliphatic carbocycles. The quantitative estimate of drug-likeness (QED) is 0.363. The summed E-state index contributed by atoms with van der Waals surface area (Å²) < 4.78 is 0. The van der Waals surface area contributed by atoms with Gasteiger partial charge in [0, 0.05) is 5.70 Å². The molecule has 0 aliphatic rings. The van der Waals surface area contributed by atoms with Crippen molar-refractivity contribution in [2.75, 3.05) is 5.88 Å². The summed E-state index contributed by atoms with van der Waals surface area (Å²) in [5.74, 6) is -0.624. The number of allylic oxidation sites excluding steroid dienone is 2. The summed E-state index contributed by atoms with van der Waals surface area (Å²) in [5, 5.41) is 8.33. The van der Waals surface area contributed by atoms with Gasteiger partial charge in [0.05, 0.1) is 5.88 Å². The van der Waals surface area contributed by atoms with Crippen LogP contribution in [0.5, 0.6) is 0 Å². The van der Waals surface area contributed by atoms with E-state index in [0.717, 1.165) is 0 Å². The van der Waals surface area contributed by atoms with Gasteiger partial charge in [-0.1, -0.05) is 0 Å². The molecule has 0 bridgehead atoms. The normalized spacial score (nSPS) is 11.7. The Labute approximate surface area is 64.1 Å². The SMILES string of the molecule is C/C(N)=C(/C#N)C(=O)CCl. The number of halogens is 1. The number of nitrogens with two attached hydrogens (primary N) is 1. The van der Waals surface area contributed by atoms with Crippen molar-refractivity contribution in [3.63, 3.8) is 0 Å². The molecule has 0 aliphatic heterocycles. The smallest absolute Gasteiger partial charge is 0.189 e. The second-order valence-corrected chi connectivity index (χ2v) is 1.99. The van der Waals surface area contributed by atoms with E-state index in [-0.39, 0.29) is 17.2 Å². The summed E-state index contributed by atoms with van der Waals surface area (Å²) in [7, 11) is 0. The molecular weight excluding hydrogens is 152 g/mol. The van der Waals surface area contributed by atoms with Crippen molar-refractivity contribution in [3.05, 3.63) is 11.3 Å². The van der Waals surface area contributed by atoms with Gasteiger partial charge in [0.1, 0.15) is 11.6 Å². The minimum absolute atomic E-state index is 0.0463. The van der Waals surface area contributed by atoms with Gasteiger partial charge in [0.2, 0.25) is 0 Å². The average Bonchev–Trinajstić information content (AvgIpc) is 1.88. The second-order valence-electron chi connectivity index (χ2n) is 1.73. The first-order chi connectivity index (χ1) is 4.63. The first kappa shape index (κ1) is 8.99. The first-order valence-corrected chi connectivity index (χ1v) is 3.12. The lowest BCUT2D eigenvalue weighted by Crippen LogP contribution is -2.08. The molecule has 0 fully saturated rings. The van der Waals surface area contributed by atoms with Crippen LogP contribution in [0.1, 0.15) is 6.92 Å². The van der Waals surface area contributed by atoms with Crippen LogP contribution in [0.25, 0.3) is 0 Å². The highest BCUT2D eigenvalue weighted by molar-refractivity contribution is 6.31. The first-order valence-electron chi connectivity index (χ1n) is 2.59. The molecule has 0 radical (unpaired) electrons.